The second-order valence-electron chi connectivity index (χ2n) is 10.6. The number of amides is 4. The summed E-state index contributed by atoms with van der Waals surface area (Å²) in [5.41, 5.74) is 1.48. The zero-order chi connectivity index (χ0) is 26.9. The average molecular weight is 532 g/mol. The predicted molar refractivity (Wildman–Crippen MR) is 135 cm³/mol. The molecule has 1 aromatic heterocycles. The van der Waals surface area contributed by atoms with Gasteiger partial charge < -0.3 is 19.7 Å². The number of carbonyl (C=O) groups is 3. The topological polar surface area (TPSA) is 106 Å². The highest BCUT2D eigenvalue weighted by Crippen LogP contribution is 2.43. The van der Waals surface area contributed by atoms with Gasteiger partial charge in [0.05, 0.1) is 12.2 Å². The van der Waals surface area contributed by atoms with E-state index in [1.54, 1.807) is 27.9 Å². The molecule has 3 aromatic rings. The summed E-state index contributed by atoms with van der Waals surface area (Å²) in [6.45, 7) is -0.0725. The first-order chi connectivity index (χ1) is 18.8. The Kier molecular flexibility index (Phi) is 5.19. The Morgan fingerprint density at radius 3 is 2.74 bits per heavy atom. The van der Waals surface area contributed by atoms with Crippen LogP contribution in [0.2, 0.25) is 0 Å². The first kappa shape index (κ1) is 23.7. The Morgan fingerprint density at radius 1 is 1.13 bits per heavy atom. The molecule has 4 heterocycles. The van der Waals surface area contributed by atoms with Gasteiger partial charge in [0, 0.05) is 36.5 Å². The zero-order valence-corrected chi connectivity index (χ0v) is 21.2. The minimum absolute atomic E-state index is 0.0665. The summed E-state index contributed by atoms with van der Waals surface area (Å²) >= 11 is 0. The minimum atomic E-state index is -1.40. The first-order valence-corrected chi connectivity index (χ1v) is 12.9. The maximum Gasteiger partial charge on any atom is 0.325 e. The Balaban J connectivity index is 1.14. The number of rotatable bonds is 4. The van der Waals surface area contributed by atoms with Gasteiger partial charge in [-0.05, 0) is 48.6 Å². The third-order valence-electron chi connectivity index (χ3n) is 8.05. The molecule has 7 rings (SSSR count). The Bertz CT molecular complexity index is 1530. The third kappa shape index (κ3) is 3.83. The number of ether oxygens (including phenoxy) is 2. The van der Waals surface area contributed by atoms with E-state index in [2.05, 4.69) is 10.4 Å². The van der Waals surface area contributed by atoms with E-state index in [4.69, 9.17) is 9.47 Å². The quantitative estimate of drug-likeness (QED) is 0.519. The number of halogens is 1. The molecule has 200 valence electrons. The molecule has 1 unspecified atom stereocenters. The van der Waals surface area contributed by atoms with E-state index in [0.717, 1.165) is 28.9 Å². The van der Waals surface area contributed by atoms with Crippen LogP contribution < -0.4 is 14.8 Å². The number of fused-ring (bicyclic) bond motifs is 3. The highest BCUT2D eigenvalue weighted by atomic mass is 19.1. The van der Waals surface area contributed by atoms with Crippen LogP contribution in [0.5, 0.6) is 11.5 Å². The smallest absolute Gasteiger partial charge is 0.325 e. The highest BCUT2D eigenvalue weighted by molar-refractivity contribution is 6.10. The molecule has 1 N–H and O–H groups in total. The van der Waals surface area contributed by atoms with E-state index in [1.807, 2.05) is 25.4 Å². The predicted octanol–water partition coefficient (Wildman–Crippen LogP) is 2.57. The Labute approximate surface area is 223 Å². The van der Waals surface area contributed by atoms with Crippen molar-refractivity contribution in [2.24, 2.45) is 13.0 Å². The molecule has 2 atom stereocenters. The van der Waals surface area contributed by atoms with E-state index in [0.29, 0.717) is 22.6 Å². The van der Waals surface area contributed by atoms with E-state index >= 15 is 0 Å². The van der Waals surface area contributed by atoms with Crippen LogP contribution in [0, 0.1) is 11.7 Å². The standard InChI is InChI=1S/C28H26FN5O5/c1-32-11-19(10-30-32)17-4-6-21-24(9-17)39-15-28(21)26(36)34(27(37)31-28)13-25(35)33-12-18-8-20(29)5-7-23(18)38-14-22(33)16-2-3-16/h4-11,16,22H,2-3,12-15H2,1H3,(H,31,37)/t22?,28-/m0/s1. The summed E-state index contributed by atoms with van der Waals surface area (Å²) in [5.74, 6) is -0.0377. The lowest BCUT2D eigenvalue weighted by atomic mass is 9.90. The van der Waals surface area contributed by atoms with Crippen LogP contribution in [-0.4, -0.2) is 63.2 Å². The number of benzene rings is 2. The van der Waals surface area contributed by atoms with Crippen molar-refractivity contribution >= 4 is 17.8 Å². The van der Waals surface area contributed by atoms with Crippen LogP contribution in [0.1, 0.15) is 24.0 Å². The van der Waals surface area contributed by atoms with Crippen molar-refractivity contribution in [1.82, 2.24) is 24.9 Å². The second kappa shape index (κ2) is 8.55. The van der Waals surface area contributed by atoms with Gasteiger partial charge >= 0.3 is 6.03 Å². The molecule has 0 radical (unpaired) electrons. The molecule has 1 spiro atoms. The highest BCUT2D eigenvalue weighted by Gasteiger charge is 2.58. The van der Waals surface area contributed by atoms with Gasteiger partial charge in [0.2, 0.25) is 5.91 Å². The molecule has 4 aliphatic rings. The van der Waals surface area contributed by atoms with Crippen LogP contribution in [0.15, 0.2) is 48.8 Å². The monoisotopic (exact) mass is 531 g/mol. The maximum atomic E-state index is 14.0. The molecule has 0 bridgehead atoms. The molecule has 11 heteroatoms. The summed E-state index contributed by atoms with van der Waals surface area (Å²) in [6, 6.07) is 8.84. The van der Waals surface area contributed by atoms with Crippen molar-refractivity contribution in [2.45, 2.75) is 31.0 Å². The zero-order valence-electron chi connectivity index (χ0n) is 21.2. The van der Waals surface area contributed by atoms with Crippen molar-refractivity contribution in [2.75, 3.05) is 19.8 Å². The van der Waals surface area contributed by atoms with E-state index < -0.39 is 29.8 Å². The molecule has 1 saturated heterocycles. The van der Waals surface area contributed by atoms with Gasteiger partial charge in [-0.1, -0.05) is 12.1 Å². The Morgan fingerprint density at radius 2 is 1.97 bits per heavy atom. The maximum absolute atomic E-state index is 14.0. The van der Waals surface area contributed by atoms with Crippen LogP contribution in [0.3, 0.4) is 0 Å². The number of hydrogen-bond acceptors (Lipinski definition) is 6. The average Bonchev–Trinajstić information content (AvgIpc) is 3.55. The van der Waals surface area contributed by atoms with Crippen LogP contribution in [0.25, 0.3) is 11.1 Å². The summed E-state index contributed by atoms with van der Waals surface area (Å²) in [6.07, 6.45) is 5.53. The molecular weight excluding hydrogens is 505 g/mol. The van der Waals surface area contributed by atoms with Crippen LogP contribution in [-0.2, 0) is 28.7 Å². The lowest BCUT2D eigenvalue weighted by molar-refractivity contribution is -0.141. The van der Waals surface area contributed by atoms with Crippen molar-refractivity contribution in [3.63, 3.8) is 0 Å². The molecule has 1 aliphatic carbocycles. The van der Waals surface area contributed by atoms with Crippen LogP contribution in [0.4, 0.5) is 9.18 Å². The number of hydrogen-bond donors (Lipinski definition) is 1. The number of nitrogens with one attached hydrogen (secondary N) is 1. The number of aromatic nitrogens is 2. The molecule has 39 heavy (non-hydrogen) atoms. The fraction of sp³-hybridized carbons (Fsp3) is 0.357. The fourth-order valence-corrected chi connectivity index (χ4v) is 5.81. The summed E-state index contributed by atoms with van der Waals surface area (Å²) in [5, 5.41) is 6.98. The van der Waals surface area contributed by atoms with Gasteiger partial charge in [0.15, 0.2) is 5.54 Å². The first-order valence-electron chi connectivity index (χ1n) is 12.9. The molecular formula is C28H26FN5O5. The van der Waals surface area contributed by atoms with Gasteiger partial charge in [0.1, 0.15) is 37.1 Å². The number of urea groups is 1. The van der Waals surface area contributed by atoms with Gasteiger partial charge in [-0.3, -0.25) is 19.2 Å². The summed E-state index contributed by atoms with van der Waals surface area (Å²) in [7, 11) is 1.83. The molecule has 2 aromatic carbocycles. The molecule has 4 amide bonds. The SMILES string of the molecule is Cn1cc(-c2ccc3c(c2)OC[C@]32NC(=O)N(CC(=O)N3Cc4cc(F)ccc4OCC3C3CC3)C2=O)cn1. The molecule has 10 nitrogen and oxygen atoms in total. The largest absolute Gasteiger partial charge is 0.491 e. The van der Waals surface area contributed by atoms with Gasteiger partial charge in [-0.15, -0.1) is 0 Å². The van der Waals surface area contributed by atoms with E-state index in [-0.39, 0.29) is 37.6 Å². The fourth-order valence-electron chi connectivity index (χ4n) is 5.81. The van der Waals surface area contributed by atoms with Crippen molar-refractivity contribution in [3.8, 4) is 22.6 Å². The number of nitrogens with zero attached hydrogens (tertiary/aromatic N) is 4. The normalized spacial score (nSPS) is 23.7. The lowest BCUT2D eigenvalue weighted by Crippen LogP contribution is -2.49. The number of aryl methyl sites for hydroxylation is 1. The minimum Gasteiger partial charge on any atom is -0.491 e. The van der Waals surface area contributed by atoms with Gasteiger partial charge in [-0.25, -0.2) is 9.18 Å². The third-order valence-corrected chi connectivity index (χ3v) is 8.05. The second-order valence-corrected chi connectivity index (χ2v) is 10.6. The summed E-state index contributed by atoms with van der Waals surface area (Å²) < 4.78 is 27.5. The molecule has 1 saturated carbocycles. The van der Waals surface area contributed by atoms with Crippen LogP contribution >= 0.6 is 0 Å². The Hall–Kier alpha value is -4.41. The lowest BCUT2D eigenvalue weighted by Gasteiger charge is -2.30. The molecule has 2 fully saturated rings. The number of carbonyl (C=O) groups excluding carboxylic acids is 3. The van der Waals surface area contributed by atoms with Gasteiger partial charge in [-0.2, -0.15) is 5.10 Å². The molecule has 3 aliphatic heterocycles. The van der Waals surface area contributed by atoms with Crippen molar-refractivity contribution in [3.05, 3.63) is 65.7 Å². The summed E-state index contributed by atoms with van der Waals surface area (Å²) in [4.78, 5) is 43.0. The van der Waals surface area contributed by atoms with Gasteiger partial charge in [0.25, 0.3) is 5.91 Å². The van der Waals surface area contributed by atoms with Crippen molar-refractivity contribution < 1.29 is 28.2 Å². The van der Waals surface area contributed by atoms with E-state index in [1.165, 1.54) is 12.1 Å². The number of imide groups is 1. The van der Waals surface area contributed by atoms with E-state index in [9.17, 15) is 18.8 Å². The van der Waals surface area contributed by atoms with Crippen molar-refractivity contribution in [1.29, 1.82) is 0 Å².